The summed E-state index contributed by atoms with van der Waals surface area (Å²) in [6.45, 7) is 0.271. The van der Waals surface area contributed by atoms with E-state index in [1.54, 1.807) is 49.6 Å². The summed E-state index contributed by atoms with van der Waals surface area (Å²) in [5.74, 6) is 1.15. The van der Waals surface area contributed by atoms with Crippen LogP contribution in [-0.4, -0.2) is 17.3 Å². The van der Waals surface area contributed by atoms with Crippen LogP contribution in [0.3, 0.4) is 0 Å². The molecular formula is C24H15Br2Cl2NO3S2. The zero-order chi connectivity index (χ0) is 24.4. The number of hydrogen-bond donors (Lipinski definition) is 0. The van der Waals surface area contributed by atoms with Gasteiger partial charge in [-0.1, -0.05) is 53.2 Å². The van der Waals surface area contributed by atoms with Gasteiger partial charge in [0.1, 0.15) is 18.1 Å². The van der Waals surface area contributed by atoms with Gasteiger partial charge in [0.15, 0.2) is 4.32 Å². The molecule has 0 aliphatic carbocycles. The summed E-state index contributed by atoms with van der Waals surface area (Å²) in [7, 11) is 1.59. The van der Waals surface area contributed by atoms with E-state index in [4.69, 9.17) is 44.9 Å². The lowest BCUT2D eigenvalue weighted by molar-refractivity contribution is -0.113. The van der Waals surface area contributed by atoms with Crippen molar-refractivity contribution in [3.63, 3.8) is 0 Å². The zero-order valence-corrected chi connectivity index (χ0v) is 23.8. The highest BCUT2D eigenvalue weighted by Crippen LogP contribution is 2.40. The molecule has 0 unspecified atom stereocenters. The molecule has 0 radical (unpaired) electrons. The van der Waals surface area contributed by atoms with Gasteiger partial charge in [-0.2, -0.15) is 0 Å². The third-order valence-electron chi connectivity index (χ3n) is 4.83. The first-order valence-electron chi connectivity index (χ1n) is 9.74. The van der Waals surface area contributed by atoms with Crippen LogP contribution < -0.4 is 14.4 Å². The first-order chi connectivity index (χ1) is 16.3. The van der Waals surface area contributed by atoms with E-state index >= 15 is 0 Å². The number of halogens is 4. The minimum absolute atomic E-state index is 0.176. The third kappa shape index (κ3) is 5.64. The molecule has 34 heavy (non-hydrogen) atoms. The number of benzene rings is 3. The molecule has 10 heteroatoms. The van der Waals surface area contributed by atoms with Crippen LogP contribution in [0.25, 0.3) is 6.08 Å². The highest BCUT2D eigenvalue weighted by atomic mass is 79.9. The van der Waals surface area contributed by atoms with E-state index < -0.39 is 0 Å². The largest absolute Gasteiger partial charge is 0.497 e. The Morgan fingerprint density at radius 2 is 1.74 bits per heavy atom. The molecule has 4 rings (SSSR count). The lowest BCUT2D eigenvalue weighted by Gasteiger charge is -2.14. The van der Waals surface area contributed by atoms with Crippen LogP contribution in [0.5, 0.6) is 11.5 Å². The predicted octanol–water partition coefficient (Wildman–Crippen LogP) is 8.51. The van der Waals surface area contributed by atoms with Gasteiger partial charge >= 0.3 is 0 Å². The van der Waals surface area contributed by atoms with Crippen molar-refractivity contribution in [3.05, 3.63) is 89.6 Å². The number of anilines is 1. The second-order valence-corrected chi connectivity index (χ2v) is 11.3. The second kappa shape index (κ2) is 11.0. The summed E-state index contributed by atoms with van der Waals surface area (Å²) in [6.07, 6.45) is 1.80. The third-order valence-corrected chi connectivity index (χ3v) is 7.90. The summed E-state index contributed by atoms with van der Waals surface area (Å²) >= 11 is 26.0. The van der Waals surface area contributed by atoms with E-state index in [1.807, 2.05) is 18.2 Å². The van der Waals surface area contributed by atoms with Gasteiger partial charge in [0, 0.05) is 15.6 Å². The molecule has 0 saturated carbocycles. The Bertz CT molecular complexity index is 1290. The van der Waals surface area contributed by atoms with Gasteiger partial charge in [-0.3, -0.25) is 9.69 Å². The number of thiocarbonyl (C=S) groups is 1. The monoisotopic (exact) mass is 657 g/mol. The number of amides is 1. The van der Waals surface area contributed by atoms with Gasteiger partial charge in [-0.15, -0.1) is 0 Å². The Balaban J connectivity index is 1.53. The lowest BCUT2D eigenvalue weighted by atomic mass is 10.2. The van der Waals surface area contributed by atoms with Gasteiger partial charge in [0.05, 0.1) is 26.6 Å². The number of methoxy groups -OCH3 is 1. The quantitative estimate of drug-likeness (QED) is 0.196. The van der Waals surface area contributed by atoms with Crippen molar-refractivity contribution in [2.24, 2.45) is 0 Å². The molecule has 174 valence electrons. The smallest absolute Gasteiger partial charge is 0.270 e. The van der Waals surface area contributed by atoms with Crippen molar-refractivity contribution in [2.45, 2.75) is 6.61 Å². The fraction of sp³-hybridized carbons (Fsp3) is 0.0833. The summed E-state index contributed by atoms with van der Waals surface area (Å²) in [6, 6.07) is 16.2. The molecule has 0 atom stereocenters. The van der Waals surface area contributed by atoms with E-state index in [9.17, 15) is 4.79 Å². The van der Waals surface area contributed by atoms with E-state index in [0.29, 0.717) is 36.5 Å². The number of rotatable bonds is 6. The number of thioether (sulfide) groups is 1. The van der Waals surface area contributed by atoms with E-state index in [0.717, 1.165) is 20.1 Å². The fourth-order valence-electron chi connectivity index (χ4n) is 3.16. The number of hydrogen-bond acceptors (Lipinski definition) is 5. The van der Waals surface area contributed by atoms with Crippen LogP contribution in [0.4, 0.5) is 5.69 Å². The number of carbonyl (C=O) groups excluding carboxylic acids is 1. The Morgan fingerprint density at radius 3 is 2.35 bits per heavy atom. The molecule has 1 fully saturated rings. The normalized spacial score (nSPS) is 14.7. The van der Waals surface area contributed by atoms with Gasteiger partial charge in [-0.05, 0) is 92.0 Å². The van der Waals surface area contributed by atoms with Crippen LogP contribution in [0, 0.1) is 0 Å². The standard InChI is InChI=1S/C24H15Br2Cl2NO3S2/c1-31-17-6-4-16(5-7-17)29-23(30)21(34-24(29)33)10-13-8-18(25)22(19(26)9-13)32-12-14-2-3-15(27)11-20(14)28/h2-11H,12H2,1H3/b21-10-. The SMILES string of the molecule is COc1ccc(N2C(=O)/C(=C/c3cc(Br)c(OCc4ccc(Cl)cc4Cl)c(Br)c3)SC2=S)cc1. The summed E-state index contributed by atoms with van der Waals surface area (Å²) in [5, 5.41) is 1.10. The molecule has 3 aromatic rings. The Morgan fingerprint density at radius 1 is 1.06 bits per heavy atom. The molecule has 1 heterocycles. The summed E-state index contributed by atoms with van der Waals surface area (Å²) in [4.78, 5) is 15.1. The van der Waals surface area contributed by atoms with Gasteiger partial charge in [0.2, 0.25) is 0 Å². The molecule has 1 saturated heterocycles. The number of ether oxygens (including phenoxy) is 2. The van der Waals surface area contributed by atoms with Crippen LogP contribution in [0.15, 0.2) is 68.4 Å². The molecule has 0 N–H and O–H groups in total. The number of nitrogens with zero attached hydrogens (tertiary/aromatic N) is 1. The van der Waals surface area contributed by atoms with E-state index in [2.05, 4.69) is 31.9 Å². The number of carbonyl (C=O) groups is 1. The maximum Gasteiger partial charge on any atom is 0.270 e. The van der Waals surface area contributed by atoms with E-state index in [1.165, 1.54) is 16.7 Å². The van der Waals surface area contributed by atoms with Crippen molar-refractivity contribution in [1.82, 2.24) is 0 Å². The maximum absolute atomic E-state index is 13.1. The first-order valence-corrected chi connectivity index (χ1v) is 13.3. The minimum atomic E-state index is -0.176. The van der Waals surface area contributed by atoms with Gasteiger partial charge < -0.3 is 9.47 Å². The van der Waals surface area contributed by atoms with Crippen LogP contribution >= 0.6 is 79.0 Å². The fourth-order valence-corrected chi connectivity index (χ4v) is 6.38. The Hall–Kier alpha value is -1.55. The van der Waals surface area contributed by atoms with Crippen LogP contribution in [0.2, 0.25) is 10.0 Å². The molecule has 0 spiro atoms. The van der Waals surface area contributed by atoms with Crippen molar-refractivity contribution in [2.75, 3.05) is 12.0 Å². The molecule has 0 bridgehead atoms. The Labute approximate surface area is 233 Å². The topological polar surface area (TPSA) is 38.8 Å². The predicted molar refractivity (Wildman–Crippen MR) is 151 cm³/mol. The van der Waals surface area contributed by atoms with Gasteiger partial charge in [-0.25, -0.2) is 0 Å². The van der Waals surface area contributed by atoms with Crippen LogP contribution in [0.1, 0.15) is 11.1 Å². The van der Waals surface area contributed by atoms with Crippen molar-refractivity contribution in [3.8, 4) is 11.5 Å². The first kappa shape index (κ1) is 25.5. The highest BCUT2D eigenvalue weighted by Gasteiger charge is 2.33. The summed E-state index contributed by atoms with van der Waals surface area (Å²) < 4.78 is 13.1. The highest BCUT2D eigenvalue weighted by molar-refractivity contribution is 9.11. The molecule has 4 nitrogen and oxygen atoms in total. The van der Waals surface area contributed by atoms with E-state index in [-0.39, 0.29) is 12.5 Å². The minimum Gasteiger partial charge on any atom is -0.497 e. The second-order valence-electron chi connectivity index (χ2n) is 7.05. The average molecular weight is 660 g/mol. The molecular weight excluding hydrogens is 645 g/mol. The summed E-state index contributed by atoms with van der Waals surface area (Å²) in [5.41, 5.74) is 2.32. The Kier molecular flexibility index (Phi) is 8.28. The maximum atomic E-state index is 13.1. The molecule has 0 aromatic heterocycles. The van der Waals surface area contributed by atoms with Crippen molar-refractivity contribution in [1.29, 1.82) is 0 Å². The van der Waals surface area contributed by atoms with Crippen molar-refractivity contribution >= 4 is 101 Å². The van der Waals surface area contributed by atoms with Gasteiger partial charge in [0.25, 0.3) is 5.91 Å². The lowest BCUT2D eigenvalue weighted by Crippen LogP contribution is -2.27. The molecule has 1 aliphatic heterocycles. The van der Waals surface area contributed by atoms with Crippen LogP contribution in [-0.2, 0) is 11.4 Å². The average Bonchev–Trinajstić information content (AvgIpc) is 3.07. The molecule has 3 aromatic carbocycles. The van der Waals surface area contributed by atoms with Crippen molar-refractivity contribution < 1.29 is 14.3 Å². The zero-order valence-electron chi connectivity index (χ0n) is 17.5. The molecule has 1 aliphatic rings. The molecule has 1 amide bonds.